The number of nitrogens with zero attached hydrogens (tertiary/aromatic N) is 3. The first-order valence-electron chi connectivity index (χ1n) is 11.0. The number of aromatic nitrogens is 3. The lowest BCUT2D eigenvalue weighted by atomic mass is 9.99. The third-order valence-electron chi connectivity index (χ3n) is 6.03. The first-order chi connectivity index (χ1) is 17.0. The number of nitrogen functional groups attached to an aromatic ring is 1. The summed E-state index contributed by atoms with van der Waals surface area (Å²) < 4.78 is 10.8. The van der Waals surface area contributed by atoms with Crippen LogP contribution in [0.15, 0.2) is 60.9 Å². The number of aromatic amines is 1. The molecule has 0 bridgehead atoms. The number of fused-ring (bicyclic) bond motifs is 1. The molecule has 0 unspecified atom stereocenters. The van der Waals surface area contributed by atoms with E-state index in [4.69, 9.17) is 15.2 Å². The molecular weight excluding hydrogens is 446 g/mol. The summed E-state index contributed by atoms with van der Waals surface area (Å²) in [4.78, 5) is 39.0. The van der Waals surface area contributed by atoms with E-state index in [0.717, 1.165) is 11.1 Å². The number of hydrogen-bond donors (Lipinski definition) is 2. The normalized spacial score (nSPS) is 12.9. The minimum atomic E-state index is -0.398. The number of nitrogens with one attached hydrogen (secondary N) is 1. The zero-order valence-electron chi connectivity index (χ0n) is 19.2. The first kappa shape index (κ1) is 22.1. The van der Waals surface area contributed by atoms with Gasteiger partial charge in [-0.15, -0.1) is 0 Å². The lowest BCUT2D eigenvalue weighted by Gasteiger charge is -2.26. The fourth-order valence-corrected chi connectivity index (χ4v) is 4.25. The highest BCUT2D eigenvalue weighted by molar-refractivity contribution is 6.11. The Hall–Kier alpha value is -4.66. The third kappa shape index (κ3) is 3.97. The van der Waals surface area contributed by atoms with Gasteiger partial charge in [-0.05, 0) is 41.8 Å². The first-order valence-corrected chi connectivity index (χ1v) is 11.0. The number of H-pyrrole nitrogens is 1. The average Bonchev–Trinajstić information content (AvgIpc) is 3.38. The molecule has 1 aliphatic heterocycles. The second-order valence-corrected chi connectivity index (χ2v) is 8.03. The lowest BCUT2D eigenvalue weighted by Crippen LogP contribution is -2.42. The number of amides is 2. The van der Waals surface area contributed by atoms with Gasteiger partial charge in [0, 0.05) is 35.6 Å². The Morgan fingerprint density at radius 2 is 1.83 bits per heavy atom. The van der Waals surface area contributed by atoms with Gasteiger partial charge in [0.25, 0.3) is 11.8 Å². The number of carbonyl (C=O) groups excluding carboxylic acids is 2. The Labute approximate surface area is 201 Å². The molecule has 3 N–H and O–H groups in total. The molecule has 5 rings (SSSR count). The quantitative estimate of drug-likeness (QED) is 0.428. The van der Waals surface area contributed by atoms with E-state index < -0.39 is 5.91 Å². The SMILES string of the molecule is COc1ccc(-c2cnc(N)nc2-c2c[nH]c(C(=O)N3CCc4ccccc4C3=O)c2)cc1OC. The zero-order chi connectivity index (χ0) is 24.5. The maximum absolute atomic E-state index is 13.2. The van der Waals surface area contributed by atoms with Gasteiger partial charge in [0.2, 0.25) is 5.95 Å². The number of rotatable bonds is 5. The third-order valence-corrected chi connectivity index (χ3v) is 6.03. The van der Waals surface area contributed by atoms with Crippen molar-refractivity contribution in [1.82, 2.24) is 19.9 Å². The van der Waals surface area contributed by atoms with E-state index in [-0.39, 0.29) is 17.5 Å². The van der Waals surface area contributed by atoms with Gasteiger partial charge in [0.05, 0.1) is 19.9 Å². The van der Waals surface area contributed by atoms with Gasteiger partial charge in [-0.25, -0.2) is 9.97 Å². The van der Waals surface area contributed by atoms with E-state index in [0.29, 0.717) is 46.8 Å². The highest BCUT2D eigenvalue weighted by atomic mass is 16.5. The molecule has 0 saturated carbocycles. The van der Waals surface area contributed by atoms with E-state index in [1.54, 1.807) is 50.9 Å². The zero-order valence-corrected chi connectivity index (χ0v) is 19.2. The number of ether oxygens (including phenoxy) is 2. The van der Waals surface area contributed by atoms with Crippen molar-refractivity contribution in [2.24, 2.45) is 0 Å². The number of hydrogen-bond acceptors (Lipinski definition) is 7. The van der Waals surface area contributed by atoms with Crippen molar-refractivity contribution < 1.29 is 19.1 Å². The van der Waals surface area contributed by atoms with Crippen molar-refractivity contribution >= 4 is 17.8 Å². The van der Waals surface area contributed by atoms with Gasteiger partial charge >= 0.3 is 0 Å². The van der Waals surface area contributed by atoms with Crippen LogP contribution in [0.1, 0.15) is 26.4 Å². The predicted molar refractivity (Wildman–Crippen MR) is 130 cm³/mol. The summed E-state index contributed by atoms with van der Waals surface area (Å²) in [5.41, 5.74) is 10.3. The van der Waals surface area contributed by atoms with Crippen LogP contribution < -0.4 is 15.2 Å². The topological polar surface area (TPSA) is 123 Å². The van der Waals surface area contributed by atoms with Crippen LogP contribution in [0.2, 0.25) is 0 Å². The molecule has 176 valence electrons. The lowest BCUT2D eigenvalue weighted by molar-refractivity contribution is 0.0601. The fourth-order valence-electron chi connectivity index (χ4n) is 4.25. The van der Waals surface area contributed by atoms with Crippen molar-refractivity contribution in [1.29, 1.82) is 0 Å². The maximum Gasteiger partial charge on any atom is 0.277 e. The molecule has 0 spiro atoms. The Kier molecular flexibility index (Phi) is 5.66. The molecule has 2 amide bonds. The predicted octanol–water partition coefficient (Wildman–Crippen LogP) is 3.58. The number of methoxy groups -OCH3 is 2. The summed E-state index contributed by atoms with van der Waals surface area (Å²) in [5.74, 6) is 0.551. The minimum Gasteiger partial charge on any atom is -0.493 e. The Morgan fingerprint density at radius 1 is 1.03 bits per heavy atom. The van der Waals surface area contributed by atoms with Gasteiger partial charge in [-0.1, -0.05) is 24.3 Å². The Morgan fingerprint density at radius 3 is 2.63 bits per heavy atom. The van der Waals surface area contributed by atoms with Crippen LogP contribution in [0.25, 0.3) is 22.4 Å². The average molecular weight is 470 g/mol. The Balaban J connectivity index is 1.49. The van der Waals surface area contributed by atoms with Gasteiger partial charge < -0.3 is 20.2 Å². The number of carbonyl (C=O) groups is 2. The van der Waals surface area contributed by atoms with Crippen LogP contribution in [0.5, 0.6) is 11.5 Å². The summed E-state index contributed by atoms with van der Waals surface area (Å²) >= 11 is 0. The standard InChI is InChI=1S/C26H23N5O4/c1-34-21-8-7-16(12-22(21)35-2)19-14-29-26(27)30-23(19)17-11-20(28-13-17)25(33)31-10-9-15-5-3-4-6-18(15)24(31)32/h3-8,11-14,28H,9-10H2,1-2H3,(H2,27,29,30). The highest BCUT2D eigenvalue weighted by Crippen LogP contribution is 2.36. The van der Waals surface area contributed by atoms with Crippen molar-refractivity contribution in [2.75, 3.05) is 26.5 Å². The van der Waals surface area contributed by atoms with Crippen LogP contribution >= 0.6 is 0 Å². The second-order valence-electron chi connectivity index (χ2n) is 8.03. The molecule has 3 heterocycles. The molecule has 0 radical (unpaired) electrons. The van der Waals surface area contributed by atoms with Crippen LogP contribution in [0.3, 0.4) is 0 Å². The molecule has 0 atom stereocenters. The second kappa shape index (κ2) is 8.94. The molecule has 4 aromatic rings. The maximum atomic E-state index is 13.2. The summed E-state index contributed by atoms with van der Waals surface area (Å²) in [5, 5.41) is 0. The molecule has 0 aliphatic carbocycles. The minimum absolute atomic E-state index is 0.0983. The van der Waals surface area contributed by atoms with Crippen LogP contribution in [-0.4, -0.2) is 52.4 Å². The number of nitrogens with two attached hydrogens (primary N) is 1. The number of anilines is 1. The van der Waals surface area contributed by atoms with Gasteiger partial charge in [-0.3, -0.25) is 14.5 Å². The van der Waals surface area contributed by atoms with E-state index in [2.05, 4.69) is 15.0 Å². The van der Waals surface area contributed by atoms with Crippen molar-refractivity contribution in [3.63, 3.8) is 0 Å². The summed E-state index contributed by atoms with van der Waals surface area (Å²) in [6.45, 7) is 0.320. The summed E-state index contributed by atoms with van der Waals surface area (Å²) in [7, 11) is 3.13. The van der Waals surface area contributed by atoms with E-state index in [1.807, 2.05) is 24.3 Å². The van der Waals surface area contributed by atoms with Crippen LogP contribution in [0, 0.1) is 0 Å². The van der Waals surface area contributed by atoms with E-state index in [1.165, 1.54) is 4.90 Å². The molecular formula is C26H23N5O4. The molecule has 2 aromatic carbocycles. The van der Waals surface area contributed by atoms with Gasteiger partial charge in [-0.2, -0.15) is 0 Å². The molecule has 0 saturated heterocycles. The number of benzene rings is 2. The van der Waals surface area contributed by atoms with E-state index >= 15 is 0 Å². The van der Waals surface area contributed by atoms with E-state index in [9.17, 15) is 9.59 Å². The van der Waals surface area contributed by atoms with Gasteiger partial charge in [0.1, 0.15) is 5.69 Å². The van der Waals surface area contributed by atoms with Crippen molar-refractivity contribution in [3.8, 4) is 33.9 Å². The van der Waals surface area contributed by atoms with Crippen molar-refractivity contribution in [2.45, 2.75) is 6.42 Å². The van der Waals surface area contributed by atoms with Crippen LogP contribution in [-0.2, 0) is 6.42 Å². The Bertz CT molecular complexity index is 1450. The summed E-state index contributed by atoms with van der Waals surface area (Å²) in [6, 6.07) is 14.5. The highest BCUT2D eigenvalue weighted by Gasteiger charge is 2.30. The number of imide groups is 1. The monoisotopic (exact) mass is 469 g/mol. The smallest absolute Gasteiger partial charge is 0.277 e. The van der Waals surface area contributed by atoms with Crippen LogP contribution in [0.4, 0.5) is 5.95 Å². The fraction of sp³-hybridized carbons (Fsp3) is 0.154. The van der Waals surface area contributed by atoms with Gasteiger partial charge in [0.15, 0.2) is 11.5 Å². The molecule has 9 heteroatoms. The molecule has 9 nitrogen and oxygen atoms in total. The molecule has 2 aromatic heterocycles. The van der Waals surface area contributed by atoms with Crippen molar-refractivity contribution in [3.05, 3.63) is 77.7 Å². The largest absolute Gasteiger partial charge is 0.493 e. The molecule has 0 fully saturated rings. The molecule has 1 aliphatic rings. The summed E-state index contributed by atoms with van der Waals surface area (Å²) in [6.07, 6.45) is 3.91. The molecule has 35 heavy (non-hydrogen) atoms.